The largest absolute Gasteiger partial charge is 0.390 e. The van der Waals surface area contributed by atoms with E-state index in [1.54, 1.807) is 12.1 Å². The maximum absolute atomic E-state index is 12.0. The van der Waals surface area contributed by atoms with Gasteiger partial charge in [0.15, 0.2) is 0 Å². The molecule has 2 amide bonds. The van der Waals surface area contributed by atoms with Gasteiger partial charge in [-0.15, -0.1) is 0 Å². The quantitative estimate of drug-likeness (QED) is 0.502. The van der Waals surface area contributed by atoms with Crippen LogP contribution in [0.4, 0.5) is 0 Å². The van der Waals surface area contributed by atoms with Crippen molar-refractivity contribution in [1.82, 2.24) is 10.2 Å². The lowest BCUT2D eigenvalue weighted by molar-refractivity contribution is -0.117. The Balaban J connectivity index is 1.90. The van der Waals surface area contributed by atoms with Crippen molar-refractivity contribution in [1.29, 1.82) is 0 Å². The summed E-state index contributed by atoms with van der Waals surface area (Å²) in [5, 5.41) is 11.6. The molecule has 0 radical (unpaired) electrons. The van der Waals surface area contributed by atoms with Crippen LogP contribution in [0.1, 0.15) is 15.9 Å². The average molecular weight is 322 g/mol. The minimum atomic E-state index is -1.18. The average Bonchev–Trinajstić information content (AvgIpc) is 2.45. The highest BCUT2D eigenvalue weighted by Crippen LogP contribution is 2.13. The molecule has 1 aromatic rings. The van der Waals surface area contributed by atoms with Crippen LogP contribution in [0, 0.1) is 0 Å². The molecule has 8 heteroatoms. The fraction of sp³-hybridized carbons (Fsp3) is 0.357. The Morgan fingerprint density at radius 3 is 2.45 bits per heavy atom. The first-order valence-corrected chi connectivity index (χ1v) is 7.17. The lowest BCUT2D eigenvalue weighted by Crippen LogP contribution is -2.50. The molecule has 1 unspecified atom stereocenters. The zero-order valence-corrected chi connectivity index (χ0v) is 12.7. The highest BCUT2D eigenvalue weighted by atomic mass is 32.1. The van der Waals surface area contributed by atoms with Crippen LogP contribution in [0.2, 0.25) is 0 Å². The number of benzene rings is 1. The van der Waals surface area contributed by atoms with Crippen LogP contribution in [-0.2, 0) is 11.3 Å². The first-order valence-electron chi connectivity index (χ1n) is 6.76. The summed E-state index contributed by atoms with van der Waals surface area (Å²) in [4.78, 5) is 24.9. The van der Waals surface area contributed by atoms with E-state index in [2.05, 4.69) is 10.2 Å². The number of nitrogens with zero attached hydrogens (tertiary/aromatic N) is 1. The van der Waals surface area contributed by atoms with Crippen molar-refractivity contribution in [3.63, 3.8) is 0 Å². The molecule has 1 aliphatic rings. The number of amides is 2. The summed E-state index contributed by atoms with van der Waals surface area (Å²) < 4.78 is 0. The number of aliphatic hydroxyl groups excluding tert-OH is 1. The number of aliphatic hydroxyl groups is 1. The van der Waals surface area contributed by atoms with Crippen LogP contribution in [-0.4, -0.2) is 52.0 Å². The normalized spacial score (nSPS) is 16.6. The predicted octanol–water partition coefficient (Wildman–Crippen LogP) is -1.27. The third-order valence-corrected chi connectivity index (χ3v) is 3.74. The number of carbonyl (C=O) groups excluding carboxylic acids is 2. The molecule has 7 nitrogen and oxygen atoms in total. The van der Waals surface area contributed by atoms with Crippen LogP contribution in [0.3, 0.4) is 0 Å². The molecule has 0 aliphatic carbocycles. The van der Waals surface area contributed by atoms with Crippen LogP contribution in [0.5, 0.6) is 0 Å². The first kappa shape index (κ1) is 16.5. The molecule has 0 aromatic heterocycles. The molecular formula is C14H18N4O3S. The smallest absolute Gasteiger partial charge is 0.256 e. The van der Waals surface area contributed by atoms with Gasteiger partial charge in [0, 0.05) is 25.2 Å². The van der Waals surface area contributed by atoms with Crippen LogP contribution in [0.15, 0.2) is 24.3 Å². The third-order valence-electron chi connectivity index (χ3n) is 3.39. The highest BCUT2D eigenvalue weighted by molar-refractivity contribution is 7.80. The standard InChI is InChI=1S/C14H18N4O3S/c15-11(12(16)20)14(22)17-13(21)9-3-1-8(2-4-9)5-18-6-10(19)7-18/h1-4,10-11,19H,5-7,15H2,(H2,16,20)(H,17,21,22). The molecule has 2 rings (SSSR count). The van der Waals surface area contributed by atoms with E-state index in [0.717, 1.165) is 12.1 Å². The Hall–Kier alpha value is -1.87. The second kappa shape index (κ2) is 6.93. The predicted molar refractivity (Wildman–Crippen MR) is 85.0 cm³/mol. The number of β-amino-alcohol motifs (C(OH)–C–C–N with tert-alkyl or cyclic N) is 1. The second-order valence-corrected chi connectivity index (χ2v) is 5.68. The van der Waals surface area contributed by atoms with Crippen LogP contribution < -0.4 is 16.8 Å². The Labute approximate surface area is 133 Å². The van der Waals surface area contributed by atoms with Gasteiger partial charge in [-0.1, -0.05) is 24.4 Å². The molecule has 1 fully saturated rings. The number of nitrogens with one attached hydrogen (secondary N) is 1. The van der Waals surface area contributed by atoms with Gasteiger partial charge in [0.25, 0.3) is 5.91 Å². The third kappa shape index (κ3) is 4.08. The summed E-state index contributed by atoms with van der Waals surface area (Å²) in [6.45, 7) is 2.06. The van der Waals surface area contributed by atoms with Crippen LogP contribution in [0.25, 0.3) is 0 Å². The van der Waals surface area contributed by atoms with Gasteiger partial charge in [-0.05, 0) is 17.7 Å². The van der Waals surface area contributed by atoms with Crippen LogP contribution >= 0.6 is 12.2 Å². The topological polar surface area (TPSA) is 122 Å². The summed E-state index contributed by atoms with van der Waals surface area (Å²) in [6, 6.07) is 5.81. The van der Waals surface area contributed by atoms with E-state index < -0.39 is 17.9 Å². The number of thiocarbonyl (C=S) groups is 1. The Morgan fingerprint density at radius 2 is 1.95 bits per heavy atom. The Morgan fingerprint density at radius 1 is 1.36 bits per heavy atom. The molecule has 1 aliphatic heterocycles. The van der Waals surface area contributed by atoms with Gasteiger partial charge in [0.1, 0.15) is 11.0 Å². The molecule has 1 atom stereocenters. The number of primary amides is 1. The van der Waals surface area contributed by atoms with E-state index in [9.17, 15) is 14.7 Å². The van der Waals surface area contributed by atoms with E-state index in [1.165, 1.54) is 0 Å². The number of hydrogen-bond donors (Lipinski definition) is 4. The van der Waals surface area contributed by atoms with Crippen molar-refractivity contribution in [3.8, 4) is 0 Å². The fourth-order valence-corrected chi connectivity index (χ4v) is 2.29. The summed E-state index contributed by atoms with van der Waals surface area (Å²) in [5.74, 6) is -1.23. The van der Waals surface area contributed by atoms with Gasteiger partial charge in [0.2, 0.25) is 5.91 Å². The number of hydrogen-bond acceptors (Lipinski definition) is 6. The molecule has 6 N–H and O–H groups in total. The Kier molecular flexibility index (Phi) is 5.19. The lowest BCUT2D eigenvalue weighted by atomic mass is 10.1. The van der Waals surface area contributed by atoms with Gasteiger partial charge < -0.3 is 21.9 Å². The van der Waals surface area contributed by atoms with Crippen molar-refractivity contribution < 1.29 is 14.7 Å². The van der Waals surface area contributed by atoms with Crippen molar-refractivity contribution in [2.75, 3.05) is 13.1 Å². The van der Waals surface area contributed by atoms with E-state index in [-0.39, 0.29) is 11.1 Å². The molecule has 0 spiro atoms. The zero-order valence-electron chi connectivity index (χ0n) is 11.9. The van der Waals surface area contributed by atoms with Gasteiger partial charge in [0.05, 0.1) is 6.10 Å². The zero-order chi connectivity index (χ0) is 16.3. The number of carbonyl (C=O) groups is 2. The maximum Gasteiger partial charge on any atom is 0.256 e. The SMILES string of the molecule is NC(=O)C(N)C(=S)NC(=O)c1ccc(CN2CC(O)C2)cc1. The van der Waals surface area contributed by atoms with E-state index >= 15 is 0 Å². The summed E-state index contributed by atoms with van der Waals surface area (Å²) >= 11 is 4.86. The second-order valence-electron chi connectivity index (χ2n) is 5.24. The van der Waals surface area contributed by atoms with Gasteiger partial charge in [-0.3, -0.25) is 14.5 Å². The van der Waals surface area contributed by atoms with E-state index in [0.29, 0.717) is 18.7 Å². The van der Waals surface area contributed by atoms with Gasteiger partial charge in [-0.2, -0.15) is 0 Å². The Bertz CT molecular complexity index is 584. The molecule has 0 bridgehead atoms. The molecule has 1 aromatic carbocycles. The number of nitrogens with two attached hydrogens (primary N) is 2. The minimum Gasteiger partial charge on any atom is -0.390 e. The molecule has 1 saturated heterocycles. The maximum atomic E-state index is 12.0. The lowest BCUT2D eigenvalue weighted by Gasteiger charge is -2.35. The van der Waals surface area contributed by atoms with Crippen molar-refractivity contribution in [2.45, 2.75) is 18.7 Å². The van der Waals surface area contributed by atoms with E-state index in [1.807, 2.05) is 12.1 Å². The minimum absolute atomic E-state index is 0.101. The van der Waals surface area contributed by atoms with Crippen molar-refractivity contribution in [2.24, 2.45) is 11.5 Å². The number of rotatable bonds is 5. The first-order chi connectivity index (χ1) is 10.4. The van der Waals surface area contributed by atoms with Crippen molar-refractivity contribution >= 4 is 29.0 Å². The van der Waals surface area contributed by atoms with Crippen molar-refractivity contribution in [3.05, 3.63) is 35.4 Å². The highest BCUT2D eigenvalue weighted by Gasteiger charge is 2.24. The van der Waals surface area contributed by atoms with Gasteiger partial charge in [-0.25, -0.2) is 0 Å². The monoisotopic (exact) mass is 322 g/mol. The summed E-state index contributed by atoms with van der Waals surface area (Å²) in [5.41, 5.74) is 11.9. The summed E-state index contributed by atoms with van der Waals surface area (Å²) in [7, 11) is 0. The summed E-state index contributed by atoms with van der Waals surface area (Å²) in [6.07, 6.45) is -0.236. The van der Waals surface area contributed by atoms with E-state index in [4.69, 9.17) is 23.7 Å². The molecular weight excluding hydrogens is 304 g/mol. The molecule has 22 heavy (non-hydrogen) atoms. The fourth-order valence-electron chi connectivity index (χ4n) is 2.08. The van der Waals surface area contributed by atoms with Gasteiger partial charge >= 0.3 is 0 Å². The number of likely N-dealkylation sites (tertiary alicyclic amines) is 1. The molecule has 0 saturated carbocycles. The molecule has 118 valence electrons. The molecule has 1 heterocycles.